The Bertz CT molecular complexity index is 452. The van der Waals surface area contributed by atoms with Crippen molar-refractivity contribution in [1.29, 1.82) is 0 Å². The maximum absolute atomic E-state index is 12.7. The second-order valence-corrected chi connectivity index (χ2v) is 6.34. The summed E-state index contributed by atoms with van der Waals surface area (Å²) in [5.74, 6) is 0.108. The average molecular weight is 303 g/mol. The van der Waals surface area contributed by atoms with Crippen LogP contribution in [0, 0.1) is 5.92 Å². The minimum atomic E-state index is -0.143. The van der Waals surface area contributed by atoms with Crippen LogP contribution in [0.25, 0.3) is 0 Å². The van der Waals surface area contributed by atoms with Crippen molar-refractivity contribution >= 4 is 5.97 Å². The Morgan fingerprint density at radius 1 is 1.23 bits per heavy atom. The first-order valence-corrected chi connectivity index (χ1v) is 8.63. The van der Waals surface area contributed by atoms with Gasteiger partial charge < -0.3 is 9.64 Å². The fraction of sp³-hybridized carbons (Fsp3) is 0.632. The van der Waals surface area contributed by atoms with Gasteiger partial charge in [0.2, 0.25) is 0 Å². The number of carbonyl (C=O) groups excluding carboxylic acids is 1. The van der Waals surface area contributed by atoms with Gasteiger partial charge >= 0.3 is 5.97 Å². The molecule has 0 saturated carbocycles. The van der Waals surface area contributed by atoms with Gasteiger partial charge in [-0.3, -0.25) is 4.79 Å². The summed E-state index contributed by atoms with van der Waals surface area (Å²) in [5.41, 5.74) is 1.08. The van der Waals surface area contributed by atoms with Gasteiger partial charge in [0, 0.05) is 13.1 Å². The van der Waals surface area contributed by atoms with E-state index in [0.29, 0.717) is 5.92 Å². The van der Waals surface area contributed by atoms with E-state index >= 15 is 0 Å². The van der Waals surface area contributed by atoms with Gasteiger partial charge in [-0.25, -0.2) is 0 Å². The van der Waals surface area contributed by atoms with E-state index in [-0.39, 0.29) is 18.0 Å². The lowest BCUT2D eigenvalue weighted by Crippen LogP contribution is -2.38. The first-order chi connectivity index (χ1) is 10.7. The zero-order chi connectivity index (χ0) is 15.9. The van der Waals surface area contributed by atoms with E-state index in [1.54, 1.807) is 0 Å². The van der Waals surface area contributed by atoms with Gasteiger partial charge in [0.15, 0.2) is 0 Å². The predicted octanol–water partition coefficient (Wildman–Crippen LogP) is 3.84. The molecule has 1 aliphatic heterocycles. The number of carbonyl (C=O) groups is 1. The van der Waals surface area contributed by atoms with E-state index in [1.165, 1.54) is 0 Å². The van der Waals surface area contributed by atoms with E-state index in [2.05, 4.69) is 25.7 Å². The molecule has 3 nitrogen and oxygen atoms in total. The van der Waals surface area contributed by atoms with Crippen molar-refractivity contribution in [1.82, 2.24) is 4.90 Å². The Labute approximate surface area is 134 Å². The monoisotopic (exact) mass is 303 g/mol. The van der Waals surface area contributed by atoms with E-state index in [9.17, 15) is 4.79 Å². The van der Waals surface area contributed by atoms with Crippen molar-refractivity contribution in [2.24, 2.45) is 5.92 Å². The van der Waals surface area contributed by atoms with Crippen molar-refractivity contribution in [3.63, 3.8) is 0 Å². The molecular formula is C19H29NO2. The zero-order valence-corrected chi connectivity index (χ0v) is 14.1. The Morgan fingerprint density at radius 3 is 2.41 bits per heavy atom. The number of likely N-dealkylation sites (tertiary alicyclic amines) is 1. The first kappa shape index (κ1) is 17.0. The van der Waals surface area contributed by atoms with E-state index in [0.717, 1.165) is 44.5 Å². The van der Waals surface area contributed by atoms with E-state index in [4.69, 9.17) is 4.74 Å². The highest BCUT2D eigenvalue weighted by molar-refractivity contribution is 5.78. The van der Waals surface area contributed by atoms with E-state index in [1.807, 2.05) is 30.3 Å². The van der Waals surface area contributed by atoms with Crippen molar-refractivity contribution in [3.8, 4) is 0 Å². The molecular weight excluding hydrogens is 274 g/mol. The minimum Gasteiger partial charge on any atom is -0.462 e. The molecule has 0 amide bonds. The third-order valence-corrected chi connectivity index (χ3v) is 4.89. The first-order valence-electron chi connectivity index (χ1n) is 8.63. The number of ether oxygens (including phenoxy) is 1. The highest BCUT2D eigenvalue weighted by Gasteiger charge is 2.30. The summed E-state index contributed by atoms with van der Waals surface area (Å²) in [6, 6.07) is 10.1. The Morgan fingerprint density at radius 2 is 1.86 bits per heavy atom. The molecule has 0 bridgehead atoms. The molecule has 1 saturated heterocycles. The Hall–Kier alpha value is -1.35. The van der Waals surface area contributed by atoms with Crippen LogP contribution in [-0.4, -0.2) is 36.6 Å². The largest absolute Gasteiger partial charge is 0.462 e. The van der Waals surface area contributed by atoms with Crippen molar-refractivity contribution in [3.05, 3.63) is 35.9 Å². The van der Waals surface area contributed by atoms with Crippen molar-refractivity contribution in [2.45, 2.75) is 52.1 Å². The molecule has 0 spiro atoms. The van der Waals surface area contributed by atoms with Crippen LogP contribution < -0.4 is 0 Å². The molecule has 22 heavy (non-hydrogen) atoms. The third kappa shape index (κ3) is 4.33. The molecule has 1 aromatic rings. The van der Waals surface area contributed by atoms with Crippen molar-refractivity contribution in [2.75, 3.05) is 19.6 Å². The molecule has 0 aliphatic carbocycles. The van der Waals surface area contributed by atoms with Crippen LogP contribution in [0.4, 0.5) is 0 Å². The number of nitrogens with zero attached hydrogens (tertiary/aromatic N) is 1. The quantitative estimate of drug-likeness (QED) is 0.748. The summed E-state index contributed by atoms with van der Waals surface area (Å²) >= 11 is 0. The molecule has 1 aromatic carbocycles. The van der Waals surface area contributed by atoms with Gasteiger partial charge in [0.05, 0.1) is 5.92 Å². The van der Waals surface area contributed by atoms with Crippen LogP contribution in [0.5, 0.6) is 0 Å². The highest BCUT2D eigenvalue weighted by Crippen LogP contribution is 2.29. The molecule has 122 valence electrons. The Balaban J connectivity index is 2.01. The molecule has 3 heteroatoms. The summed E-state index contributed by atoms with van der Waals surface area (Å²) in [6.07, 6.45) is 2.98. The lowest BCUT2D eigenvalue weighted by atomic mass is 9.85. The van der Waals surface area contributed by atoms with Gasteiger partial charge in [-0.2, -0.15) is 0 Å². The maximum atomic E-state index is 12.7. The van der Waals surface area contributed by atoms with Gasteiger partial charge in [-0.05, 0) is 30.9 Å². The molecule has 1 aliphatic rings. The maximum Gasteiger partial charge on any atom is 0.313 e. The minimum absolute atomic E-state index is 0.0458. The fourth-order valence-electron chi connectivity index (χ4n) is 3.17. The zero-order valence-electron chi connectivity index (χ0n) is 14.1. The summed E-state index contributed by atoms with van der Waals surface area (Å²) in [7, 11) is 0. The molecule has 0 N–H and O–H groups in total. The number of esters is 1. The SMILES string of the molecule is CC[C@H](C)[C@@H](C(=O)OC1CCN(CC)CC1)c1ccccc1. The van der Waals surface area contributed by atoms with E-state index < -0.39 is 0 Å². The lowest BCUT2D eigenvalue weighted by Gasteiger charge is -2.32. The smallest absolute Gasteiger partial charge is 0.313 e. The van der Waals surface area contributed by atoms with Crippen LogP contribution in [0.2, 0.25) is 0 Å². The topological polar surface area (TPSA) is 29.5 Å². The summed E-state index contributed by atoms with van der Waals surface area (Å²) in [4.78, 5) is 15.1. The van der Waals surface area contributed by atoms with Gasteiger partial charge in [-0.1, -0.05) is 57.5 Å². The predicted molar refractivity (Wildman–Crippen MR) is 89.9 cm³/mol. The van der Waals surface area contributed by atoms with Crippen LogP contribution in [0.3, 0.4) is 0 Å². The van der Waals surface area contributed by atoms with Crippen LogP contribution in [-0.2, 0) is 9.53 Å². The standard InChI is InChI=1S/C19H29NO2/c1-4-15(3)18(16-9-7-6-8-10-16)19(21)22-17-11-13-20(5-2)14-12-17/h6-10,15,17-18H,4-5,11-14H2,1-3H3/t15-,18+/m0/s1. The van der Waals surface area contributed by atoms with Crippen LogP contribution in [0.15, 0.2) is 30.3 Å². The molecule has 0 radical (unpaired) electrons. The van der Waals surface area contributed by atoms with Gasteiger partial charge in [-0.15, -0.1) is 0 Å². The molecule has 1 heterocycles. The Kier molecular flexibility index (Phi) is 6.44. The van der Waals surface area contributed by atoms with Crippen molar-refractivity contribution < 1.29 is 9.53 Å². The molecule has 1 fully saturated rings. The third-order valence-electron chi connectivity index (χ3n) is 4.89. The number of benzene rings is 1. The molecule has 0 aromatic heterocycles. The second kappa shape index (κ2) is 8.33. The lowest BCUT2D eigenvalue weighted by molar-refractivity contribution is -0.154. The number of hydrogen-bond acceptors (Lipinski definition) is 3. The molecule has 2 atom stereocenters. The summed E-state index contributed by atoms with van der Waals surface area (Å²) < 4.78 is 5.86. The highest BCUT2D eigenvalue weighted by atomic mass is 16.5. The number of rotatable bonds is 6. The normalized spacial score (nSPS) is 19.6. The second-order valence-electron chi connectivity index (χ2n) is 6.34. The van der Waals surface area contributed by atoms with Gasteiger partial charge in [0.1, 0.15) is 6.10 Å². The number of piperidine rings is 1. The van der Waals surface area contributed by atoms with Crippen LogP contribution >= 0.6 is 0 Å². The summed E-state index contributed by atoms with van der Waals surface area (Å²) in [5, 5.41) is 0. The molecule has 2 rings (SSSR count). The fourth-order valence-corrected chi connectivity index (χ4v) is 3.17. The van der Waals surface area contributed by atoms with Gasteiger partial charge in [0.25, 0.3) is 0 Å². The summed E-state index contributed by atoms with van der Waals surface area (Å²) in [6.45, 7) is 9.61. The average Bonchev–Trinajstić information content (AvgIpc) is 2.56. The number of hydrogen-bond donors (Lipinski definition) is 0. The molecule has 0 unspecified atom stereocenters. The van der Waals surface area contributed by atoms with Crippen LogP contribution in [0.1, 0.15) is 51.5 Å².